The number of pyridine rings is 1. The summed E-state index contributed by atoms with van der Waals surface area (Å²) in [6, 6.07) is 8.81. The predicted octanol–water partition coefficient (Wildman–Crippen LogP) is 2.45. The number of benzene rings is 1. The fourth-order valence-corrected chi connectivity index (χ4v) is 2.08. The van der Waals surface area contributed by atoms with Gasteiger partial charge in [0.1, 0.15) is 5.82 Å². The molecule has 2 aromatic rings. The average molecular weight is 311 g/mol. The molecule has 2 N–H and O–H groups in total. The van der Waals surface area contributed by atoms with E-state index >= 15 is 0 Å². The third-order valence-electron chi connectivity index (χ3n) is 2.62. The van der Waals surface area contributed by atoms with Gasteiger partial charge in [-0.3, -0.25) is 4.79 Å². The lowest BCUT2D eigenvalue weighted by Gasteiger charge is -2.14. The third kappa shape index (κ3) is 3.05. The second-order valence-electron chi connectivity index (χ2n) is 4.00. The van der Waals surface area contributed by atoms with Gasteiger partial charge < -0.3 is 10.3 Å². The molecule has 0 fully saturated rings. The van der Waals surface area contributed by atoms with Gasteiger partial charge >= 0.3 is 0 Å². The molecule has 1 aromatic carbocycles. The Morgan fingerprint density at radius 1 is 1.33 bits per heavy atom. The Bertz CT molecular complexity index is 612. The number of hydrogen-bond donors (Lipinski definition) is 1. The van der Waals surface area contributed by atoms with Crippen molar-refractivity contribution >= 4 is 15.9 Å². The van der Waals surface area contributed by atoms with Crippen LogP contribution in [0, 0.1) is 5.82 Å². The van der Waals surface area contributed by atoms with Gasteiger partial charge in [-0.15, -0.1) is 0 Å². The van der Waals surface area contributed by atoms with Crippen LogP contribution in [0.15, 0.2) is 51.9 Å². The SMILES string of the molecule is NC(Cn1cc(Br)ccc1=O)c1cccc(F)c1. The lowest BCUT2D eigenvalue weighted by molar-refractivity contribution is 0.554. The highest BCUT2D eigenvalue weighted by Gasteiger charge is 2.08. The summed E-state index contributed by atoms with van der Waals surface area (Å²) in [4.78, 5) is 11.6. The Labute approximate surface area is 112 Å². The van der Waals surface area contributed by atoms with Gasteiger partial charge in [-0.2, -0.15) is 0 Å². The Balaban J connectivity index is 2.23. The van der Waals surface area contributed by atoms with Crippen molar-refractivity contribution in [1.82, 2.24) is 4.57 Å². The Kier molecular flexibility index (Phi) is 3.93. The van der Waals surface area contributed by atoms with Crippen molar-refractivity contribution in [3.63, 3.8) is 0 Å². The molecule has 1 atom stereocenters. The van der Waals surface area contributed by atoms with E-state index in [4.69, 9.17) is 5.73 Å². The van der Waals surface area contributed by atoms with Crippen molar-refractivity contribution in [3.8, 4) is 0 Å². The van der Waals surface area contributed by atoms with Crippen LogP contribution in [-0.2, 0) is 6.54 Å². The first kappa shape index (κ1) is 13.0. The lowest BCUT2D eigenvalue weighted by Crippen LogP contribution is -2.25. The summed E-state index contributed by atoms with van der Waals surface area (Å²) >= 11 is 3.29. The molecule has 3 nitrogen and oxygen atoms in total. The molecule has 1 unspecified atom stereocenters. The molecule has 0 aliphatic rings. The largest absolute Gasteiger partial charge is 0.322 e. The molecule has 18 heavy (non-hydrogen) atoms. The first-order valence-corrected chi connectivity index (χ1v) is 6.22. The molecular weight excluding hydrogens is 299 g/mol. The van der Waals surface area contributed by atoms with Crippen LogP contribution in [-0.4, -0.2) is 4.57 Å². The molecule has 0 saturated heterocycles. The molecule has 0 spiro atoms. The van der Waals surface area contributed by atoms with Gasteiger partial charge in [-0.1, -0.05) is 12.1 Å². The van der Waals surface area contributed by atoms with E-state index in [1.54, 1.807) is 24.4 Å². The summed E-state index contributed by atoms with van der Waals surface area (Å²) < 4.78 is 15.4. The van der Waals surface area contributed by atoms with E-state index in [1.807, 2.05) is 0 Å². The molecular formula is C13H12BrFN2O. The number of rotatable bonds is 3. The molecule has 0 aliphatic carbocycles. The minimum atomic E-state index is -0.423. The highest BCUT2D eigenvalue weighted by Crippen LogP contribution is 2.14. The van der Waals surface area contributed by atoms with E-state index in [1.165, 1.54) is 22.8 Å². The zero-order valence-electron chi connectivity index (χ0n) is 9.51. The molecule has 2 rings (SSSR count). The monoisotopic (exact) mass is 310 g/mol. The van der Waals surface area contributed by atoms with E-state index in [0.717, 1.165) is 4.47 Å². The summed E-state index contributed by atoms with van der Waals surface area (Å²) in [5.74, 6) is -0.329. The second kappa shape index (κ2) is 5.46. The van der Waals surface area contributed by atoms with Crippen molar-refractivity contribution < 1.29 is 4.39 Å². The fraction of sp³-hybridized carbons (Fsp3) is 0.154. The van der Waals surface area contributed by atoms with E-state index in [2.05, 4.69) is 15.9 Å². The molecule has 1 heterocycles. The van der Waals surface area contributed by atoms with Crippen molar-refractivity contribution in [2.24, 2.45) is 5.73 Å². The van der Waals surface area contributed by atoms with Crippen LogP contribution in [0.4, 0.5) is 4.39 Å². The van der Waals surface area contributed by atoms with Crippen LogP contribution in [0.25, 0.3) is 0 Å². The van der Waals surface area contributed by atoms with E-state index in [9.17, 15) is 9.18 Å². The molecule has 0 amide bonds. The van der Waals surface area contributed by atoms with E-state index in [0.29, 0.717) is 12.1 Å². The standard InChI is InChI=1S/C13H12BrFN2O/c14-10-4-5-13(18)17(7-10)8-12(16)9-2-1-3-11(15)6-9/h1-7,12H,8,16H2. The van der Waals surface area contributed by atoms with Gasteiger partial charge in [0, 0.05) is 29.3 Å². The van der Waals surface area contributed by atoms with Gasteiger partial charge in [0.2, 0.25) is 0 Å². The molecule has 0 aliphatic heterocycles. The van der Waals surface area contributed by atoms with Crippen LogP contribution < -0.4 is 11.3 Å². The van der Waals surface area contributed by atoms with Gasteiger partial charge in [-0.05, 0) is 39.7 Å². The van der Waals surface area contributed by atoms with Crippen molar-refractivity contribution in [1.29, 1.82) is 0 Å². The maximum absolute atomic E-state index is 13.1. The Morgan fingerprint density at radius 2 is 2.11 bits per heavy atom. The number of nitrogens with two attached hydrogens (primary N) is 1. The molecule has 1 aromatic heterocycles. The van der Waals surface area contributed by atoms with Crippen LogP contribution in [0.5, 0.6) is 0 Å². The van der Waals surface area contributed by atoms with Gasteiger partial charge in [0.25, 0.3) is 5.56 Å². The van der Waals surface area contributed by atoms with Crippen molar-refractivity contribution in [2.75, 3.05) is 0 Å². The molecule has 5 heteroatoms. The quantitative estimate of drug-likeness (QED) is 0.946. The fourth-order valence-electron chi connectivity index (χ4n) is 1.70. The molecule has 94 valence electrons. The highest BCUT2D eigenvalue weighted by molar-refractivity contribution is 9.10. The predicted molar refractivity (Wildman–Crippen MR) is 71.7 cm³/mol. The topological polar surface area (TPSA) is 48.0 Å². The summed E-state index contributed by atoms with van der Waals surface area (Å²) in [6.45, 7) is 0.307. The van der Waals surface area contributed by atoms with Gasteiger partial charge in [-0.25, -0.2) is 4.39 Å². The Hall–Kier alpha value is -1.46. The first-order chi connectivity index (χ1) is 8.56. The minimum Gasteiger partial charge on any atom is -0.322 e. The van der Waals surface area contributed by atoms with E-state index in [-0.39, 0.29) is 11.4 Å². The van der Waals surface area contributed by atoms with Crippen LogP contribution in [0.2, 0.25) is 0 Å². The summed E-state index contributed by atoms with van der Waals surface area (Å²) in [5, 5.41) is 0. The van der Waals surface area contributed by atoms with Crippen LogP contribution in [0.1, 0.15) is 11.6 Å². The first-order valence-electron chi connectivity index (χ1n) is 5.43. The third-order valence-corrected chi connectivity index (χ3v) is 3.09. The second-order valence-corrected chi connectivity index (χ2v) is 4.92. The maximum atomic E-state index is 13.1. The van der Waals surface area contributed by atoms with Crippen LogP contribution >= 0.6 is 15.9 Å². The maximum Gasteiger partial charge on any atom is 0.250 e. The molecule has 0 saturated carbocycles. The Morgan fingerprint density at radius 3 is 2.83 bits per heavy atom. The number of hydrogen-bond acceptors (Lipinski definition) is 2. The summed E-state index contributed by atoms with van der Waals surface area (Å²) in [7, 11) is 0. The normalized spacial score (nSPS) is 12.4. The smallest absolute Gasteiger partial charge is 0.250 e. The lowest BCUT2D eigenvalue weighted by atomic mass is 10.1. The van der Waals surface area contributed by atoms with Gasteiger partial charge in [0.15, 0.2) is 0 Å². The number of aromatic nitrogens is 1. The van der Waals surface area contributed by atoms with Gasteiger partial charge in [0.05, 0.1) is 0 Å². The van der Waals surface area contributed by atoms with Crippen molar-refractivity contribution in [2.45, 2.75) is 12.6 Å². The zero-order chi connectivity index (χ0) is 13.1. The zero-order valence-corrected chi connectivity index (χ0v) is 11.1. The average Bonchev–Trinajstić information content (AvgIpc) is 2.34. The summed E-state index contributed by atoms with van der Waals surface area (Å²) in [6.07, 6.45) is 1.67. The number of nitrogens with zero attached hydrogens (tertiary/aromatic N) is 1. The van der Waals surface area contributed by atoms with Crippen LogP contribution in [0.3, 0.4) is 0 Å². The highest BCUT2D eigenvalue weighted by atomic mass is 79.9. The molecule has 0 radical (unpaired) electrons. The molecule has 0 bridgehead atoms. The van der Waals surface area contributed by atoms with E-state index < -0.39 is 6.04 Å². The summed E-state index contributed by atoms with van der Waals surface area (Å²) in [5.41, 5.74) is 6.51. The number of halogens is 2. The van der Waals surface area contributed by atoms with Crippen molar-refractivity contribution in [3.05, 3.63) is 68.8 Å². The minimum absolute atomic E-state index is 0.134.